The molecule has 4 rings (SSSR count). The Balaban J connectivity index is 1.95. The second-order valence-electron chi connectivity index (χ2n) is 6.54. The molecule has 24 heavy (non-hydrogen) atoms. The summed E-state index contributed by atoms with van der Waals surface area (Å²) in [5.41, 5.74) is 4.62. The Kier molecular flexibility index (Phi) is 3.50. The van der Waals surface area contributed by atoms with E-state index in [1.807, 2.05) is 18.2 Å². The van der Waals surface area contributed by atoms with Gasteiger partial charge in [0.1, 0.15) is 11.5 Å². The summed E-state index contributed by atoms with van der Waals surface area (Å²) in [5.74, 6) is 1.85. The summed E-state index contributed by atoms with van der Waals surface area (Å²) in [6.45, 7) is 4.40. The van der Waals surface area contributed by atoms with Gasteiger partial charge in [-0.1, -0.05) is 78.4 Å². The summed E-state index contributed by atoms with van der Waals surface area (Å²) in [6, 6.07) is 27.4. The van der Waals surface area contributed by atoms with Gasteiger partial charge < -0.3 is 4.74 Å². The lowest BCUT2D eigenvalue weighted by Gasteiger charge is -2.34. The van der Waals surface area contributed by atoms with Crippen molar-refractivity contribution in [2.45, 2.75) is 19.3 Å². The number of hydrogen-bond acceptors (Lipinski definition) is 1. The van der Waals surface area contributed by atoms with Crippen molar-refractivity contribution in [2.24, 2.45) is 0 Å². The Morgan fingerprint density at radius 1 is 0.792 bits per heavy atom. The first-order chi connectivity index (χ1) is 11.7. The molecule has 3 aromatic rings. The molecule has 118 valence electrons. The van der Waals surface area contributed by atoms with Crippen molar-refractivity contribution in [2.75, 3.05) is 0 Å². The van der Waals surface area contributed by atoms with Crippen LogP contribution in [0.25, 0.3) is 5.76 Å². The van der Waals surface area contributed by atoms with E-state index in [4.69, 9.17) is 4.74 Å². The number of benzene rings is 3. The molecule has 0 aromatic heterocycles. The fraction of sp³-hybridized carbons (Fsp3) is 0.130. The van der Waals surface area contributed by atoms with Crippen LogP contribution in [0, 0.1) is 6.92 Å². The standard InChI is InChI=1S/C23H20O/c1-17-13-14-21-20(15-17)23(2,19-11-7-4-8-12-19)16-22(24-21)18-9-5-3-6-10-18/h3-16H,1-2H3. The molecule has 0 aliphatic carbocycles. The van der Waals surface area contributed by atoms with Crippen molar-refractivity contribution in [1.29, 1.82) is 0 Å². The molecule has 1 atom stereocenters. The smallest absolute Gasteiger partial charge is 0.131 e. The van der Waals surface area contributed by atoms with Gasteiger partial charge in [-0.05, 0) is 31.6 Å². The van der Waals surface area contributed by atoms with Gasteiger partial charge in [-0.15, -0.1) is 0 Å². The number of allylic oxidation sites excluding steroid dienone is 1. The summed E-state index contributed by atoms with van der Waals surface area (Å²) in [5, 5.41) is 0. The highest BCUT2D eigenvalue weighted by Gasteiger charge is 2.34. The van der Waals surface area contributed by atoms with Gasteiger partial charge in [-0.25, -0.2) is 0 Å². The molecule has 0 radical (unpaired) electrons. The van der Waals surface area contributed by atoms with Crippen LogP contribution in [0.2, 0.25) is 0 Å². The SMILES string of the molecule is Cc1ccc2c(c1)C(C)(c1ccccc1)C=C(c1ccccc1)O2. The number of rotatable bonds is 2. The average Bonchev–Trinajstić information content (AvgIpc) is 2.64. The Morgan fingerprint density at radius 3 is 2.17 bits per heavy atom. The average molecular weight is 312 g/mol. The second kappa shape index (κ2) is 5.68. The van der Waals surface area contributed by atoms with Crippen LogP contribution >= 0.6 is 0 Å². The topological polar surface area (TPSA) is 9.23 Å². The molecule has 0 spiro atoms. The van der Waals surface area contributed by atoms with Gasteiger partial charge in [0.15, 0.2) is 0 Å². The summed E-state index contributed by atoms with van der Waals surface area (Å²) < 4.78 is 6.25. The van der Waals surface area contributed by atoms with Gasteiger partial charge in [0.2, 0.25) is 0 Å². The van der Waals surface area contributed by atoms with E-state index in [1.54, 1.807) is 0 Å². The molecular formula is C23H20O. The zero-order chi connectivity index (χ0) is 16.6. The van der Waals surface area contributed by atoms with E-state index < -0.39 is 0 Å². The molecule has 0 saturated carbocycles. The van der Waals surface area contributed by atoms with E-state index in [1.165, 1.54) is 16.7 Å². The van der Waals surface area contributed by atoms with E-state index in [9.17, 15) is 0 Å². The summed E-state index contributed by atoms with van der Waals surface area (Å²) >= 11 is 0. The van der Waals surface area contributed by atoms with E-state index in [0.717, 1.165) is 17.1 Å². The van der Waals surface area contributed by atoms with E-state index in [-0.39, 0.29) is 5.41 Å². The molecule has 1 heteroatoms. The highest BCUT2D eigenvalue weighted by atomic mass is 16.5. The van der Waals surface area contributed by atoms with Crippen LogP contribution in [0.15, 0.2) is 84.9 Å². The van der Waals surface area contributed by atoms with Gasteiger partial charge in [0.05, 0.1) is 0 Å². The maximum absolute atomic E-state index is 6.25. The van der Waals surface area contributed by atoms with Crippen molar-refractivity contribution in [3.63, 3.8) is 0 Å². The molecule has 3 aromatic carbocycles. The lowest BCUT2D eigenvalue weighted by Crippen LogP contribution is -2.26. The quantitative estimate of drug-likeness (QED) is 0.587. The van der Waals surface area contributed by atoms with Crippen LogP contribution in [0.5, 0.6) is 5.75 Å². The monoisotopic (exact) mass is 312 g/mol. The largest absolute Gasteiger partial charge is 0.457 e. The van der Waals surface area contributed by atoms with E-state index in [0.29, 0.717) is 0 Å². The van der Waals surface area contributed by atoms with Gasteiger partial charge in [-0.3, -0.25) is 0 Å². The normalized spacial score (nSPS) is 19.2. The predicted molar refractivity (Wildman–Crippen MR) is 99.1 cm³/mol. The summed E-state index contributed by atoms with van der Waals surface area (Å²) in [4.78, 5) is 0. The highest BCUT2D eigenvalue weighted by molar-refractivity contribution is 5.70. The van der Waals surface area contributed by atoms with Gasteiger partial charge in [0.25, 0.3) is 0 Å². The van der Waals surface area contributed by atoms with Crippen LogP contribution < -0.4 is 4.74 Å². The third-order valence-corrected chi connectivity index (χ3v) is 4.77. The van der Waals surface area contributed by atoms with Crippen LogP contribution in [0.4, 0.5) is 0 Å². The molecule has 1 aliphatic heterocycles. The minimum Gasteiger partial charge on any atom is -0.457 e. The first kappa shape index (κ1) is 14.8. The molecule has 1 heterocycles. The number of aryl methyl sites for hydroxylation is 1. The Morgan fingerprint density at radius 2 is 1.46 bits per heavy atom. The van der Waals surface area contributed by atoms with Gasteiger partial charge in [0, 0.05) is 16.5 Å². The van der Waals surface area contributed by atoms with Gasteiger partial charge >= 0.3 is 0 Å². The first-order valence-electron chi connectivity index (χ1n) is 8.29. The number of ether oxygens (including phenoxy) is 1. The maximum atomic E-state index is 6.25. The minimum absolute atomic E-state index is 0.216. The predicted octanol–water partition coefficient (Wildman–Crippen LogP) is 5.73. The lowest BCUT2D eigenvalue weighted by atomic mass is 9.73. The molecule has 1 aliphatic rings. The minimum atomic E-state index is -0.216. The summed E-state index contributed by atoms with van der Waals surface area (Å²) in [7, 11) is 0. The number of hydrogen-bond donors (Lipinski definition) is 0. The first-order valence-corrected chi connectivity index (χ1v) is 8.29. The molecule has 1 unspecified atom stereocenters. The third-order valence-electron chi connectivity index (χ3n) is 4.77. The van der Waals surface area contributed by atoms with Crippen LogP contribution in [-0.4, -0.2) is 0 Å². The van der Waals surface area contributed by atoms with Crippen LogP contribution in [0.3, 0.4) is 0 Å². The van der Waals surface area contributed by atoms with Crippen LogP contribution in [-0.2, 0) is 5.41 Å². The van der Waals surface area contributed by atoms with Crippen molar-refractivity contribution >= 4 is 5.76 Å². The lowest BCUT2D eigenvalue weighted by molar-refractivity contribution is 0.469. The van der Waals surface area contributed by atoms with Crippen molar-refractivity contribution in [3.05, 3.63) is 107 Å². The Hall–Kier alpha value is -2.80. The second-order valence-corrected chi connectivity index (χ2v) is 6.54. The molecule has 0 bridgehead atoms. The van der Waals surface area contributed by atoms with Gasteiger partial charge in [-0.2, -0.15) is 0 Å². The zero-order valence-corrected chi connectivity index (χ0v) is 14.0. The Bertz CT molecular complexity index is 894. The fourth-order valence-electron chi connectivity index (χ4n) is 3.39. The highest BCUT2D eigenvalue weighted by Crippen LogP contribution is 2.45. The molecule has 0 saturated heterocycles. The molecular weight excluding hydrogens is 292 g/mol. The maximum Gasteiger partial charge on any atom is 0.131 e. The Labute approximate surface area is 143 Å². The molecule has 0 N–H and O–H groups in total. The molecule has 0 amide bonds. The molecule has 0 fully saturated rings. The van der Waals surface area contributed by atoms with Crippen molar-refractivity contribution in [1.82, 2.24) is 0 Å². The summed E-state index contributed by atoms with van der Waals surface area (Å²) in [6.07, 6.45) is 2.25. The van der Waals surface area contributed by atoms with Crippen LogP contribution in [0.1, 0.15) is 29.2 Å². The number of fused-ring (bicyclic) bond motifs is 1. The van der Waals surface area contributed by atoms with E-state index in [2.05, 4.69) is 80.6 Å². The van der Waals surface area contributed by atoms with Crippen molar-refractivity contribution in [3.8, 4) is 5.75 Å². The third kappa shape index (κ3) is 2.43. The fourth-order valence-corrected chi connectivity index (χ4v) is 3.39. The van der Waals surface area contributed by atoms with Crippen molar-refractivity contribution < 1.29 is 4.74 Å². The molecule has 1 nitrogen and oxygen atoms in total. The zero-order valence-electron chi connectivity index (χ0n) is 14.0. The van der Waals surface area contributed by atoms with E-state index >= 15 is 0 Å².